The summed E-state index contributed by atoms with van der Waals surface area (Å²) in [4.78, 5) is 0. The number of ether oxygens (including phenoxy) is 1. The zero-order chi connectivity index (χ0) is 36.2. The number of hydrogen-bond acceptors (Lipinski definition) is 1. The third-order valence-electron chi connectivity index (χ3n) is 11.9. The molecule has 0 saturated heterocycles. The standard InChI is InChI=1S/C51H35N3O/c1-32-13-10-24-48-49(32)46-29-35(33-14-4-2-5-15-33)28-45-41-22-12-21-40-44-27-34(25-26-52(44)30-42(50(40)41)47(31-55-48)54(45)46)37-19-11-20-39-38-18-8-9-23-43(38)53(51(37)39)36-16-6-3-7-17-36/h2-29H,30-31H2,1H3/q+2. The highest BCUT2D eigenvalue weighted by Gasteiger charge is 2.37. The number of nitrogens with zero attached hydrogens (tertiary/aromatic N) is 3. The number of aromatic nitrogens is 3. The minimum absolute atomic E-state index is 0.495. The Balaban J connectivity index is 1.13. The van der Waals surface area contributed by atoms with Gasteiger partial charge in [0.25, 0.3) is 0 Å². The topological polar surface area (TPSA) is 22.1 Å². The maximum atomic E-state index is 6.75. The number of aryl methyl sites for hydroxylation is 1. The van der Waals surface area contributed by atoms with Gasteiger partial charge in [-0.3, -0.25) is 0 Å². The Morgan fingerprint density at radius 3 is 2.18 bits per heavy atom. The van der Waals surface area contributed by atoms with E-state index in [1.54, 1.807) is 0 Å². The molecule has 4 nitrogen and oxygen atoms in total. The van der Waals surface area contributed by atoms with Crippen molar-refractivity contribution in [2.45, 2.75) is 20.1 Å². The highest BCUT2D eigenvalue weighted by atomic mass is 16.5. The van der Waals surface area contributed by atoms with E-state index in [0.29, 0.717) is 6.61 Å². The summed E-state index contributed by atoms with van der Waals surface area (Å²) in [6.45, 7) is 3.45. The number of para-hydroxylation sites is 3. The Bertz CT molecular complexity index is 3230. The lowest BCUT2D eigenvalue weighted by Gasteiger charge is -2.19. The van der Waals surface area contributed by atoms with Gasteiger partial charge in [0.15, 0.2) is 19.3 Å². The fraction of sp³-hybridized carbons (Fsp3) is 0.0588. The molecule has 0 aliphatic carbocycles. The number of rotatable bonds is 3. The van der Waals surface area contributed by atoms with E-state index < -0.39 is 0 Å². The Kier molecular flexibility index (Phi) is 6.35. The molecule has 4 aromatic heterocycles. The van der Waals surface area contributed by atoms with E-state index in [1.807, 2.05) is 0 Å². The first-order chi connectivity index (χ1) is 27.2. The summed E-state index contributed by atoms with van der Waals surface area (Å²) < 4.78 is 14.1. The van der Waals surface area contributed by atoms with E-state index in [1.165, 1.54) is 94.1 Å². The van der Waals surface area contributed by atoms with Crippen molar-refractivity contribution < 1.29 is 13.7 Å². The van der Waals surface area contributed by atoms with Gasteiger partial charge in [-0.05, 0) is 65.6 Å². The summed E-state index contributed by atoms with van der Waals surface area (Å²) in [5.41, 5.74) is 18.2. The van der Waals surface area contributed by atoms with Gasteiger partial charge < -0.3 is 9.30 Å². The first kappa shape index (κ1) is 30.4. The van der Waals surface area contributed by atoms with E-state index in [0.717, 1.165) is 23.5 Å². The van der Waals surface area contributed by atoms with Gasteiger partial charge in [0.05, 0.1) is 33.1 Å². The monoisotopic (exact) mass is 705 g/mol. The molecule has 55 heavy (non-hydrogen) atoms. The van der Waals surface area contributed by atoms with E-state index in [2.05, 4.69) is 190 Å². The van der Waals surface area contributed by atoms with Crippen molar-refractivity contribution in [1.82, 2.24) is 4.57 Å². The molecule has 6 aromatic carbocycles. The van der Waals surface area contributed by atoms with Crippen LogP contribution < -0.4 is 13.7 Å². The maximum Gasteiger partial charge on any atom is 0.235 e. The van der Waals surface area contributed by atoms with E-state index in [-0.39, 0.29) is 0 Å². The molecule has 0 spiro atoms. The van der Waals surface area contributed by atoms with Gasteiger partial charge in [0.2, 0.25) is 22.6 Å². The summed E-state index contributed by atoms with van der Waals surface area (Å²) in [5, 5.41) is 5.09. The highest BCUT2D eigenvalue weighted by Crippen LogP contribution is 2.43. The van der Waals surface area contributed by atoms with Gasteiger partial charge in [-0.25, -0.2) is 0 Å². The summed E-state index contributed by atoms with van der Waals surface area (Å²) in [6.07, 6.45) is 2.29. The third kappa shape index (κ3) is 4.34. The molecule has 2 aliphatic rings. The van der Waals surface area contributed by atoms with Gasteiger partial charge in [0.1, 0.15) is 5.75 Å². The third-order valence-corrected chi connectivity index (χ3v) is 11.9. The van der Waals surface area contributed by atoms with Gasteiger partial charge in [-0.2, -0.15) is 8.97 Å². The normalized spacial score (nSPS) is 12.8. The Labute approximate surface area is 318 Å². The van der Waals surface area contributed by atoms with Crippen LogP contribution >= 0.6 is 0 Å². The SMILES string of the molecule is Cc1cccc2c1-c1cc(-c3ccccc3)cc3c4cccc5c4c(c([n+]13)CO2)C[n+]1ccc(-c2cccc3c4ccccc4n(-c4ccccc4)c23)cc1-5. The van der Waals surface area contributed by atoms with Crippen LogP contribution in [0.2, 0.25) is 0 Å². The van der Waals surface area contributed by atoms with E-state index in [4.69, 9.17) is 4.74 Å². The van der Waals surface area contributed by atoms with Crippen molar-refractivity contribution >= 4 is 38.1 Å². The van der Waals surface area contributed by atoms with Crippen LogP contribution in [0.4, 0.5) is 0 Å². The molecule has 12 rings (SSSR count). The first-order valence-electron chi connectivity index (χ1n) is 19.1. The number of benzene rings is 6. The Morgan fingerprint density at radius 1 is 0.582 bits per heavy atom. The van der Waals surface area contributed by atoms with Crippen molar-refractivity contribution in [2.75, 3.05) is 0 Å². The van der Waals surface area contributed by atoms with Gasteiger partial charge in [-0.15, -0.1) is 0 Å². The molecule has 0 atom stereocenters. The van der Waals surface area contributed by atoms with Crippen molar-refractivity contribution in [3.8, 4) is 56.2 Å². The molecule has 0 fully saturated rings. The Hall–Kier alpha value is -7.04. The quantitative estimate of drug-likeness (QED) is 0.132. The number of pyridine rings is 3. The molecule has 0 radical (unpaired) electrons. The fourth-order valence-corrected chi connectivity index (χ4v) is 9.54. The summed E-state index contributed by atoms with van der Waals surface area (Å²) in [6, 6.07) is 59.8. The molecule has 0 amide bonds. The van der Waals surface area contributed by atoms with E-state index >= 15 is 0 Å². The molecule has 0 saturated carbocycles. The lowest BCUT2D eigenvalue weighted by Crippen LogP contribution is -2.42. The fourth-order valence-electron chi connectivity index (χ4n) is 9.54. The molecule has 258 valence electrons. The molecular formula is C51H35N3O+2. The summed E-state index contributed by atoms with van der Waals surface area (Å²) in [5.74, 6) is 0.933. The lowest BCUT2D eigenvalue weighted by atomic mass is 9.89. The zero-order valence-corrected chi connectivity index (χ0v) is 30.3. The van der Waals surface area contributed by atoms with Crippen LogP contribution in [0.15, 0.2) is 170 Å². The van der Waals surface area contributed by atoms with Crippen LogP contribution in [0, 0.1) is 6.92 Å². The van der Waals surface area contributed by atoms with Crippen LogP contribution in [-0.4, -0.2) is 4.57 Å². The minimum Gasteiger partial charge on any atom is -0.482 e. The molecule has 4 heteroatoms. The van der Waals surface area contributed by atoms with Gasteiger partial charge >= 0.3 is 0 Å². The maximum absolute atomic E-state index is 6.75. The van der Waals surface area contributed by atoms with E-state index in [9.17, 15) is 0 Å². The van der Waals surface area contributed by atoms with Crippen molar-refractivity contribution in [2.24, 2.45) is 0 Å². The second-order valence-electron chi connectivity index (χ2n) is 14.9. The Morgan fingerprint density at radius 2 is 1.31 bits per heavy atom. The predicted octanol–water partition coefficient (Wildman–Crippen LogP) is 11.2. The first-order valence-corrected chi connectivity index (χ1v) is 19.1. The lowest BCUT2D eigenvalue weighted by molar-refractivity contribution is -0.679. The van der Waals surface area contributed by atoms with Crippen molar-refractivity contribution in [1.29, 1.82) is 0 Å². The van der Waals surface area contributed by atoms with Crippen molar-refractivity contribution in [3.63, 3.8) is 0 Å². The number of fused-ring (bicyclic) bond motifs is 9. The molecular weight excluding hydrogens is 671 g/mol. The molecule has 0 N–H and O–H groups in total. The van der Waals surface area contributed by atoms with Crippen LogP contribution in [-0.2, 0) is 13.2 Å². The van der Waals surface area contributed by atoms with Crippen LogP contribution in [0.5, 0.6) is 5.75 Å². The second-order valence-corrected chi connectivity index (χ2v) is 14.9. The average molecular weight is 706 g/mol. The predicted molar refractivity (Wildman–Crippen MR) is 222 cm³/mol. The number of hydrogen-bond donors (Lipinski definition) is 0. The minimum atomic E-state index is 0.495. The molecule has 10 aromatic rings. The second kappa shape index (κ2) is 11.5. The molecule has 0 unspecified atom stereocenters. The molecule has 0 bridgehead atoms. The van der Waals surface area contributed by atoms with Crippen LogP contribution in [0.1, 0.15) is 16.8 Å². The largest absolute Gasteiger partial charge is 0.482 e. The van der Waals surface area contributed by atoms with Crippen molar-refractivity contribution in [3.05, 3.63) is 187 Å². The summed E-state index contributed by atoms with van der Waals surface area (Å²) >= 11 is 0. The molecule has 6 heterocycles. The molecule has 2 aliphatic heterocycles. The highest BCUT2D eigenvalue weighted by molar-refractivity contribution is 6.14. The zero-order valence-electron chi connectivity index (χ0n) is 30.3. The van der Waals surface area contributed by atoms with Crippen LogP contribution in [0.25, 0.3) is 88.6 Å². The van der Waals surface area contributed by atoms with Gasteiger partial charge in [0, 0.05) is 51.7 Å². The van der Waals surface area contributed by atoms with Crippen LogP contribution in [0.3, 0.4) is 0 Å². The van der Waals surface area contributed by atoms with Gasteiger partial charge in [-0.1, -0.05) is 103 Å². The summed E-state index contributed by atoms with van der Waals surface area (Å²) in [7, 11) is 0. The average Bonchev–Trinajstić information content (AvgIpc) is 3.48. The smallest absolute Gasteiger partial charge is 0.235 e.